The molecule has 1 N–H and O–H groups in total. The molecule has 0 spiro atoms. The van der Waals surface area contributed by atoms with Crippen molar-refractivity contribution in [2.75, 3.05) is 6.61 Å². The number of rotatable bonds is 1. The van der Waals surface area contributed by atoms with Gasteiger partial charge in [0.15, 0.2) is 0 Å². The van der Waals surface area contributed by atoms with Crippen LogP contribution in [0, 0.1) is 17.1 Å². The van der Waals surface area contributed by atoms with Gasteiger partial charge in [-0.3, -0.25) is 0 Å². The lowest BCUT2D eigenvalue weighted by Crippen LogP contribution is -2.18. The maximum atomic E-state index is 13.0. The highest BCUT2D eigenvalue weighted by Crippen LogP contribution is 2.20. The summed E-state index contributed by atoms with van der Waals surface area (Å²) in [5.41, 5.74) is 0.632. The van der Waals surface area contributed by atoms with E-state index in [0.717, 1.165) is 0 Å². The lowest BCUT2D eigenvalue weighted by Gasteiger charge is -2.07. The Balaban J connectivity index is 2.30. The third-order valence-corrected chi connectivity index (χ3v) is 2.19. The van der Waals surface area contributed by atoms with Crippen LogP contribution in [0.25, 0.3) is 0 Å². The Morgan fingerprint density at radius 3 is 3.00 bits per heavy atom. The minimum absolute atomic E-state index is 0.0337. The molecular weight excluding hydrogens is 199 g/mol. The maximum absolute atomic E-state index is 13.0. The molecule has 0 bridgehead atoms. The summed E-state index contributed by atoms with van der Waals surface area (Å²) in [6.07, 6.45) is -0.497. The maximum Gasteiger partial charge on any atom is 0.407 e. The molecule has 1 aliphatic heterocycles. The Bertz CT molecular complexity index is 453. The summed E-state index contributed by atoms with van der Waals surface area (Å²) in [5.74, 6) is -0.563. The summed E-state index contributed by atoms with van der Waals surface area (Å²) < 4.78 is 17.7. The molecule has 0 radical (unpaired) electrons. The summed E-state index contributed by atoms with van der Waals surface area (Å²) in [7, 11) is 0. The number of amides is 1. The summed E-state index contributed by atoms with van der Waals surface area (Å²) in [5, 5.41) is 11.2. The van der Waals surface area contributed by atoms with Crippen LogP contribution < -0.4 is 5.32 Å². The fourth-order valence-electron chi connectivity index (χ4n) is 1.41. The van der Waals surface area contributed by atoms with Gasteiger partial charge < -0.3 is 10.1 Å². The number of hydrogen-bond donors (Lipinski definition) is 1. The van der Waals surface area contributed by atoms with Crippen LogP contribution in [0.1, 0.15) is 17.2 Å². The first kappa shape index (κ1) is 9.46. The number of nitriles is 1. The number of alkyl carbamates (subject to hydrolysis) is 1. The Morgan fingerprint density at radius 2 is 2.40 bits per heavy atom. The Hall–Kier alpha value is -2.09. The van der Waals surface area contributed by atoms with E-state index in [2.05, 4.69) is 5.32 Å². The van der Waals surface area contributed by atoms with E-state index in [9.17, 15) is 9.18 Å². The van der Waals surface area contributed by atoms with Gasteiger partial charge in [-0.2, -0.15) is 5.26 Å². The van der Waals surface area contributed by atoms with Crippen LogP contribution in [0.5, 0.6) is 0 Å². The molecule has 1 saturated heterocycles. The molecule has 1 atom stereocenters. The zero-order chi connectivity index (χ0) is 10.8. The van der Waals surface area contributed by atoms with Crippen molar-refractivity contribution >= 4 is 6.09 Å². The topological polar surface area (TPSA) is 62.1 Å². The lowest BCUT2D eigenvalue weighted by molar-refractivity contribution is 0.177. The minimum Gasteiger partial charge on any atom is -0.447 e. The normalized spacial score (nSPS) is 19.2. The van der Waals surface area contributed by atoms with Crippen LogP contribution in [0.3, 0.4) is 0 Å². The zero-order valence-corrected chi connectivity index (χ0v) is 7.66. The Morgan fingerprint density at radius 1 is 1.60 bits per heavy atom. The summed E-state index contributed by atoms with van der Waals surface area (Å²) in [6.45, 7) is 0.204. The first-order valence-electron chi connectivity index (χ1n) is 4.33. The average molecular weight is 206 g/mol. The van der Waals surface area contributed by atoms with Gasteiger partial charge in [-0.15, -0.1) is 0 Å². The molecule has 0 aliphatic carbocycles. The number of nitrogens with one attached hydrogen (secondary N) is 1. The zero-order valence-electron chi connectivity index (χ0n) is 7.66. The molecule has 1 aromatic rings. The molecule has 0 saturated carbocycles. The van der Waals surface area contributed by atoms with Gasteiger partial charge in [0.2, 0.25) is 0 Å². The largest absolute Gasteiger partial charge is 0.447 e. The van der Waals surface area contributed by atoms with Crippen molar-refractivity contribution in [1.82, 2.24) is 5.32 Å². The van der Waals surface area contributed by atoms with Crippen LogP contribution >= 0.6 is 0 Å². The van der Waals surface area contributed by atoms with E-state index in [-0.39, 0.29) is 18.2 Å². The number of benzene rings is 1. The van der Waals surface area contributed by atoms with E-state index >= 15 is 0 Å². The van der Waals surface area contributed by atoms with Gasteiger partial charge >= 0.3 is 6.09 Å². The van der Waals surface area contributed by atoms with Crippen LogP contribution in [-0.4, -0.2) is 12.7 Å². The van der Waals surface area contributed by atoms with Gasteiger partial charge in [0, 0.05) is 0 Å². The average Bonchev–Trinajstić information content (AvgIpc) is 2.66. The highest BCUT2D eigenvalue weighted by molar-refractivity contribution is 5.70. The van der Waals surface area contributed by atoms with E-state index in [4.69, 9.17) is 10.00 Å². The second-order valence-electron chi connectivity index (χ2n) is 3.15. The van der Waals surface area contributed by atoms with E-state index in [1.165, 1.54) is 18.2 Å². The number of carbonyl (C=O) groups is 1. The first-order valence-corrected chi connectivity index (χ1v) is 4.33. The minimum atomic E-state index is -0.563. The molecule has 76 valence electrons. The van der Waals surface area contributed by atoms with Crippen molar-refractivity contribution < 1.29 is 13.9 Å². The van der Waals surface area contributed by atoms with Crippen molar-refractivity contribution in [3.8, 4) is 6.07 Å². The number of ether oxygens (including phenoxy) is 1. The van der Waals surface area contributed by atoms with Gasteiger partial charge in [-0.25, -0.2) is 9.18 Å². The van der Waals surface area contributed by atoms with Crippen LogP contribution in [0.15, 0.2) is 18.2 Å². The van der Waals surface area contributed by atoms with E-state index < -0.39 is 11.9 Å². The molecule has 1 aliphatic rings. The van der Waals surface area contributed by atoms with E-state index in [1.54, 1.807) is 6.07 Å². The fraction of sp³-hybridized carbons (Fsp3) is 0.200. The van der Waals surface area contributed by atoms with Crippen molar-refractivity contribution in [1.29, 1.82) is 5.26 Å². The number of cyclic esters (lactones) is 1. The van der Waals surface area contributed by atoms with Crippen molar-refractivity contribution in [2.45, 2.75) is 6.04 Å². The van der Waals surface area contributed by atoms with Crippen molar-refractivity contribution in [3.63, 3.8) is 0 Å². The third-order valence-electron chi connectivity index (χ3n) is 2.19. The van der Waals surface area contributed by atoms with Crippen molar-refractivity contribution in [3.05, 3.63) is 35.1 Å². The van der Waals surface area contributed by atoms with Crippen molar-refractivity contribution in [2.24, 2.45) is 0 Å². The van der Waals surface area contributed by atoms with Gasteiger partial charge in [0.05, 0.1) is 11.6 Å². The molecule has 1 aromatic carbocycles. The third kappa shape index (κ3) is 1.74. The van der Waals surface area contributed by atoms with E-state index in [0.29, 0.717) is 5.56 Å². The quantitative estimate of drug-likeness (QED) is 0.756. The first-order chi connectivity index (χ1) is 7.20. The molecule has 1 heterocycles. The standard InChI is InChI=1S/C10H7FN2O2/c11-8-2-1-6(3-7(8)4-12)9-5-15-10(14)13-9/h1-3,9H,5H2,(H,13,14). The molecule has 4 nitrogen and oxygen atoms in total. The molecule has 1 fully saturated rings. The Labute approximate surface area is 85.3 Å². The monoisotopic (exact) mass is 206 g/mol. The second-order valence-corrected chi connectivity index (χ2v) is 3.15. The van der Waals surface area contributed by atoms with Crippen LogP contribution in [0.4, 0.5) is 9.18 Å². The fourth-order valence-corrected chi connectivity index (χ4v) is 1.41. The van der Waals surface area contributed by atoms with Gasteiger partial charge in [-0.05, 0) is 17.7 Å². The second kappa shape index (κ2) is 3.58. The van der Waals surface area contributed by atoms with E-state index in [1.807, 2.05) is 0 Å². The predicted molar refractivity (Wildman–Crippen MR) is 48.3 cm³/mol. The number of nitrogens with zero attached hydrogens (tertiary/aromatic N) is 1. The molecule has 15 heavy (non-hydrogen) atoms. The number of carbonyl (C=O) groups excluding carboxylic acids is 1. The van der Waals surface area contributed by atoms with Crippen LogP contribution in [0.2, 0.25) is 0 Å². The van der Waals surface area contributed by atoms with Gasteiger partial charge in [0.25, 0.3) is 0 Å². The summed E-state index contributed by atoms with van der Waals surface area (Å²) in [4.78, 5) is 10.8. The molecule has 1 unspecified atom stereocenters. The molecule has 5 heteroatoms. The summed E-state index contributed by atoms with van der Waals surface area (Å²) >= 11 is 0. The highest BCUT2D eigenvalue weighted by Gasteiger charge is 2.24. The smallest absolute Gasteiger partial charge is 0.407 e. The highest BCUT2D eigenvalue weighted by atomic mass is 19.1. The predicted octanol–water partition coefficient (Wildman–Crippen LogP) is 1.48. The molecular formula is C10H7FN2O2. The van der Waals surface area contributed by atoms with Crippen LogP contribution in [-0.2, 0) is 4.74 Å². The summed E-state index contributed by atoms with van der Waals surface area (Å²) in [6, 6.07) is 5.58. The SMILES string of the molecule is N#Cc1cc(C2COC(=O)N2)ccc1F. The Kier molecular flexibility index (Phi) is 2.26. The number of halogens is 1. The number of hydrogen-bond acceptors (Lipinski definition) is 3. The van der Waals surface area contributed by atoms with Gasteiger partial charge in [0.1, 0.15) is 18.5 Å². The molecule has 0 aromatic heterocycles. The van der Waals surface area contributed by atoms with Gasteiger partial charge in [-0.1, -0.05) is 6.07 Å². The molecule has 2 rings (SSSR count). The molecule has 1 amide bonds. The lowest BCUT2D eigenvalue weighted by atomic mass is 10.1.